The number of alkyl halides is 3. The van der Waals surface area contributed by atoms with Gasteiger partial charge in [-0.25, -0.2) is 0 Å². The molecule has 1 heterocycles. The molecule has 0 bridgehead atoms. The second-order valence-electron chi connectivity index (χ2n) is 4.42. The van der Waals surface area contributed by atoms with E-state index in [9.17, 15) is 18.0 Å². The van der Waals surface area contributed by atoms with Crippen molar-refractivity contribution in [3.05, 3.63) is 0 Å². The fourth-order valence-corrected chi connectivity index (χ4v) is 2.21. The number of hydrogen-bond donors (Lipinski definition) is 1. The number of carbonyl (C=O) groups is 1. The standard InChI is InChI=1S/C11H19F3N2O/c1-15-6-5-9-4-2-3-7-16(9)10(17)8-11(12,13)14/h9,15H,2-8H2,1H3. The van der Waals surface area contributed by atoms with Gasteiger partial charge in [0.1, 0.15) is 6.42 Å². The number of likely N-dealkylation sites (tertiary alicyclic amines) is 1. The van der Waals surface area contributed by atoms with Gasteiger partial charge in [-0.2, -0.15) is 13.2 Å². The molecule has 0 aromatic carbocycles. The first kappa shape index (κ1) is 14.3. The molecule has 1 N–H and O–H groups in total. The van der Waals surface area contributed by atoms with E-state index >= 15 is 0 Å². The first-order valence-corrected chi connectivity index (χ1v) is 5.95. The molecule has 1 fully saturated rings. The van der Waals surface area contributed by atoms with Crippen molar-refractivity contribution < 1.29 is 18.0 Å². The van der Waals surface area contributed by atoms with E-state index in [1.165, 1.54) is 4.90 Å². The van der Waals surface area contributed by atoms with E-state index in [-0.39, 0.29) is 6.04 Å². The summed E-state index contributed by atoms with van der Waals surface area (Å²) >= 11 is 0. The lowest BCUT2D eigenvalue weighted by Crippen LogP contribution is -2.46. The van der Waals surface area contributed by atoms with Gasteiger partial charge in [0, 0.05) is 12.6 Å². The van der Waals surface area contributed by atoms with Gasteiger partial charge >= 0.3 is 6.18 Å². The van der Waals surface area contributed by atoms with E-state index in [0.717, 1.165) is 32.2 Å². The Bertz CT molecular complexity index is 256. The molecule has 3 nitrogen and oxygen atoms in total. The number of carbonyl (C=O) groups excluding carboxylic acids is 1. The molecule has 1 amide bonds. The van der Waals surface area contributed by atoms with Crippen LogP contribution in [0, 0.1) is 0 Å². The first-order chi connectivity index (χ1) is 7.94. The van der Waals surface area contributed by atoms with Crippen LogP contribution in [0.15, 0.2) is 0 Å². The maximum absolute atomic E-state index is 12.2. The molecule has 1 saturated heterocycles. The molecule has 0 aliphatic carbocycles. The monoisotopic (exact) mass is 252 g/mol. The lowest BCUT2D eigenvalue weighted by Gasteiger charge is -2.36. The van der Waals surface area contributed by atoms with E-state index in [1.807, 2.05) is 0 Å². The fourth-order valence-electron chi connectivity index (χ4n) is 2.21. The third-order valence-corrected chi connectivity index (χ3v) is 3.03. The molecular weight excluding hydrogens is 233 g/mol. The van der Waals surface area contributed by atoms with Gasteiger partial charge in [-0.1, -0.05) is 0 Å². The van der Waals surface area contributed by atoms with Crippen molar-refractivity contribution in [2.45, 2.75) is 44.3 Å². The van der Waals surface area contributed by atoms with Gasteiger partial charge in [0.05, 0.1) is 0 Å². The summed E-state index contributed by atoms with van der Waals surface area (Å²) < 4.78 is 36.5. The van der Waals surface area contributed by atoms with Crippen LogP contribution in [-0.4, -0.2) is 43.2 Å². The molecule has 1 rings (SSSR count). The molecule has 0 radical (unpaired) electrons. The summed E-state index contributed by atoms with van der Waals surface area (Å²) in [5.41, 5.74) is 0. The minimum Gasteiger partial charge on any atom is -0.339 e. The zero-order valence-corrected chi connectivity index (χ0v) is 10.0. The van der Waals surface area contributed by atoms with Crippen LogP contribution in [-0.2, 0) is 4.79 Å². The van der Waals surface area contributed by atoms with Crippen LogP contribution in [0.5, 0.6) is 0 Å². The van der Waals surface area contributed by atoms with E-state index in [1.54, 1.807) is 7.05 Å². The highest BCUT2D eigenvalue weighted by molar-refractivity contribution is 5.77. The predicted molar refractivity (Wildman–Crippen MR) is 58.6 cm³/mol. The van der Waals surface area contributed by atoms with Crippen LogP contribution >= 0.6 is 0 Å². The SMILES string of the molecule is CNCCC1CCCCN1C(=O)CC(F)(F)F. The molecule has 17 heavy (non-hydrogen) atoms. The third kappa shape index (κ3) is 4.93. The van der Waals surface area contributed by atoms with Gasteiger partial charge < -0.3 is 10.2 Å². The molecule has 1 aliphatic heterocycles. The number of piperidine rings is 1. The van der Waals surface area contributed by atoms with Gasteiger partial charge in [0.25, 0.3) is 0 Å². The fraction of sp³-hybridized carbons (Fsp3) is 0.909. The van der Waals surface area contributed by atoms with Crippen LogP contribution in [0.1, 0.15) is 32.1 Å². The average molecular weight is 252 g/mol. The number of halogens is 3. The summed E-state index contributed by atoms with van der Waals surface area (Å²) in [5, 5.41) is 2.96. The second kappa shape index (κ2) is 6.23. The zero-order chi connectivity index (χ0) is 12.9. The van der Waals surface area contributed by atoms with Gasteiger partial charge in [0.15, 0.2) is 0 Å². The topological polar surface area (TPSA) is 32.3 Å². The Morgan fingerprint density at radius 1 is 1.41 bits per heavy atom. The lowest BCUT2D eigenvalue weighted by molar-refractivity contribution is -0.164. The number of rotatable bonds is 4. The lowest BCUT2D eigenvalue weighted by atomic mass is 9.99. The average Bonchev–Trinajstić information content (AvgIpc) is 2.24. The van der Waals surface area contributed by atoms with E-state index in [4.69, 9.17) is 0 Å². The van der Waals surface area contributed by atoms with Crippen LogP contribution in [0.4, 0.5) is 13.2 Å². The molecule has 0 aromatic rings. The van der Waals surface area contributed by atoms with Gasteiger partial charge in [0.2, 0.25) is 5.91 Å². The van der Waals surface area contributed by atoms with Crippen molar-refractivity contribution in [3.63, 3.8) is 0 Å². The summed E-state index contributed by atoms with van der Waals surface area (Å²) in [6, 6.07) is -0.0361. The molecule has 1 aliphatic rings. The molecule has 0 saturated carbocycles. The van der Waals surface area contributed by atoms with Crippen molar-refractivity contribution >= 4 is 5.91 Å². The zero-order valence-electron chi connectivity index (χ0n) is 10.0. The van der Waals surface area contributed by atoms with Gasteiger partial charge in [-0.3, -0.25) is 4.79 Å². The van der Waals surface area contributed by atoms with Crippen LogP contribution in [0.25, 0.3) is 0 Å². The molecule has 1 unspecified atom stereocenters. The first-order valence-electron chi connectivity index (χ1n) is 5.95. The largest absolute Gasteiger partial charge is 0.397 e. The van der Waals surface area contributed by atoms with E-state index in [2.05, 4.69) is 5.32 Å². The number of nitrogens with zero attached hydrogens (tertiary/aromatic N) is 1. The summed E-state index contributed by atoms with van der Waals surface area (Å²) in [6.45, 7) is 1.18. The minimum atomic E-state index is -4.40. The number of hydrogen-bond acceptors (Lipinski definition) is 2. The van der Waals surface area contributed by atoms with Crippen molar-refractivity contribution in [1.82, 2.24) is 10.2 Å². The Hall–Kier alpha value is -0.780. The predicted octanol–water partition coefficient (Wildman–Crippen LogP) is 1.93. The van der Waals surface area contributed by atoms with Crippen molar-refractivity contribution in [1.29, 1.82) is 0 Å². The minimum absolute atomic E-state index is 0.0361. The highest BCUT2D eigenvalue weighted by Crippen LogP contribution is 2.25. The summed E-state index contributed by atoms with van der Waals surface area (Å²) in [5.74, 6) is -0.779. The number of nitrogens with one attached hydrogen (secondary N) is 1. The maximum atomic E-state index is 12.2. The molecule has 0 spiro atoms. The third-order valence-electron chi connectivity index (χ3n) is 3.03. The molecule has 1 atom stereocenters. The normalized spacial score (nSPS) is 21.6. The van der Waals surface area contributed by atoms with Crippen LogP contribution < -0.4 is 5.32 Å². The highest BCUT2D eigenvalue weighted by atomic mass is 19.4. The molecular formula is C11H19F3N2O. The maximum Gasteiger partial charge on any atom is 0.397 e. The quantitative estimate of drug-likeness (QED) is 0.829. The van der Waals surface area contributed by atoms with Crippen molar-refractivity contribution in [2.75, 3.05) is 20.1 Å². The molecule has 0 aromatic heterocycles. The van der Waals surface area contributed by atoms with Gasteiger partial charge in [-0.05, 0) is 39.3 Å². The van der Waals surface area contributed by atoms with Crippen LogP contribution in [0.3, 0.4) is 0 Å². The second-order valence-corrected chi connectivity index (χ2v) is 4.42. The Balaban J connectivity index is 2.54. The summed E-state index contributed by atoms with van der Waals surface area (Å²) in [7, 11) is 1.80. The Kier molecular flexibility index (Phi) is 5.24. The van der Waals surface area contributed by atoms with Gasteiger partial charge in [-0.15, -0.1) is 0 Å². The van der Waals surface area contributed by atoms with E-state index < -0.39 is 18.5 Å². The smallest absolute Gasteiger partial charge is 0.339 e. The number of amides is 1. The Morgan fingerprint density at radius 3 is 2.71 bits per heavy atom. The Morgan fingerprint density at radius 2 is 2.12 bits per heavy atom. The summed E-state index contributed by atoms with van der Waals surface area (Å²) in [4.78, 5) is 13.0. The van der Waals surface area contributed by atoms with E-state index in [0.29, 0.717) is 6.54 Å². The Labute approximate surface area is 99.4 Å². The van der Waals surface area contributed by atoms with Crippen molar-refractivity contribution in [3.8, 4) is 0 Å². The van der Waals surface area contributed by atoms with Crippen LogP contribution in [0.2, 0.25) is 0 Å². The van der Waals surface area contributed by atoms with Crippen molar-refractivity contribution in [2.24, 2.45) is 0 Å². The molecule has 100 valence electrons. The molecule has 6 heteroatoms. The highest BCUT2D eigenvalue weighted by Gasteiger charge is 2.36. The summed E-state index contributed by atoms with van der Waals surface area (Å²) in [6.07, 6.45) is -2.40.